The van der Waals surface area contributed by atoms with Crippen LogP contribution in [0.25, 0.3) is 0 Å². The van der Waals surface area contributed by atoms with E-state index in [0.717, 1.165) is 5.56 Å². The Morgan fingerprint density at radius 3 is 2.53 bits per heavy atom. The van der Waals surface area contributed by atoms with Gasteiger partial charge in [-0.15, -0.1) is 0 Å². The Morgan fingerprint density at radius 1 is 1.53 bits per heavy atom. The third-order valence-corrected chi connectivity index (χ3v) is 3.10. The summed E-state index contributed by atoms with van der Waals surface area (Å²) < 4.78 is 13.1. The number of carboxylic acid groups (broad SMARTS) is 1. The van der Waals surface area contributed by atoms with Crippen molar-refractivity contribution in [3.05, 3.63) is 34.3 Å². The summed E-state index contributed by atoms with van der Waals surface area (Å²) in [6.07, 6.45) is -0.753. The van der Waals surface area contributed by atoms with Gasteiger partial charge in [0.25, 0.3) is 0 Å². The van der Waals surface area contributed by atoms with Gasteiger partial charge in [-0.1, -0.05) is 23.7 Å². The third kappa shape index (κ3) is 3.43. The van der Waals surface area contributed by atoms with Crippen LogP contribution in [0.15, 0.2) is 18.2 Å². The van der Waals surface area contributed by atoms with Crippen molar-refractivity contribution < 1.29 is 14.3 Å². The van der Waals surface area contributed by atoms with Gasteiger partial charge in [0.2, 0.25) is 0 Å². The quantitative estimate of drug-likeness (QED) is 0.886. The molecule has 0 aliphatic heterocycles. The number of alkyl halides is 1. The molecule has 0 saturated carbocycles. The van der Waals surface area contributed by atoms with Crippen molar-refractivity contribution >= 4 is 17.6 Å². The number of halogens is 2. The number of rotatable bonds is 4. The Morgan fingerprint density at radius 2 is 2.12 bits per heavy atom. The van der Waals surface area contributed by atoms with Crippen LogP contribution in [0.4, 0.5) is 4.39 Å². The van der Waals surface area contributed by atoms with E-state index in [2.05, 4.69) is 0 Å². The smallest absolute Gasteiger partial charge is 0.309 e. The molecule has 0 saturated heterocycles. The van der Waals surface area contributed by atoms with Gasteiger partial charge in [0.15, 0.2) is 0 Å². The van der Waals surface area contributed by atoms with E-state index in [1.54, 1.807) is 32.0 Å². The highest BCUT2D eigenvalue weighted by molar-refractivity contribution is 6.31. The number of carbonyl (C=O) groups is 1. The molecule has 94 valence electrons. The Hall–Kier alpha value is -1.09. The molecule has 0 bridgehead atoms. The lowest BCUT2D eigenvalue weighted by atomic mass is 9.85. The van der Waals surface area contributed by atoms with Gasteiger partial charge < -0.3 is 5.11 Å². The largest absolute Gasteiger partial charge is 0.481 e. The van der Waals surface area contributed by atoms with Crippen molar-refractivity contribution in [2.45, 2.75) is 33.4 Å². The maximum Gasteiger partial charge on any atom is 0.309 e. The van der Waals surface area contributed by atoms with E-state index in [-0.39, 0.29) is 0 Å². The fourth-order valence-corrected chi connectivity index (χ4v) is 1.76. The summed E-state index contributed by atoms with van der Waals surface area (Å²) in [4.78, 5) is 11.0. The fourth-order valence-electron chi connectivity index (χ4n) is 1.51. The standard InChI is InChI=1S/C13H16ClFO2/c1-8(15)9-4-5-10(11(14)6-9)7-13(2,3)12(16)17/h4-6,8H,7H2,1-3H3,(H,16,17). The summed E-state index contributed by atoms with van der Waals surface area (Å²) in [6, 6.07) is 4.89. The third-order valence-electron chi connectivity index (χ3n) is 2.75. The molecule has 0 radical (unpaired) electrons. The first-order valence-electron chi connectivity index (χ1n) is 5.40. The second-order valence-corrected chi connectivity index (χ2v) is 5.24. The molecule has 0 aromatic heterocycles. The molecular weight excluding hydrogens is 243 g/mol. The molecule has 0 spiro atoms. The minimum atomic E-state index is -1.07. The van der Waals surface area contributed by atoms with Crippen molar-refractivity contribution in [2.24, 2.45) is 5.41 Å². The molecule has 1 N–H and O–H groups in total. The fraction of sp³-hybridized carbons (Fsp3) is 0.462. The second-order valence-electron chi connectivity index (χ2n) is 4.83. The molecule has 1 aromatic carbocycles. The van der Waals surface area contributed by atoms with Crippen molar-refractivity contribution in [3.63, 3.8) is 0 Å². The van der Waals surface area contributed by atoms with Crippen LogP contribution in [0.2, 0.25) is 5.02 Å². The van der Waals surface area contributed by atoms with Crippen molar-refractivity contribution in [2.75, 3.05) is 0 Å². The van der Waals surface area contributed by atoms with Gasteiger partial charge in [-0.25, -0.2) is 4.39 Å². The van der Waals surface area contributed by atoms with E-state index < -0.39 is 17.6 Å². The van der Waals surface area contributed by atoms with Gasteiger partial charge in [0.05, 0.1) is 5.41 Å². The van der Waals surface area contributed by atoms with Crippen LogP contribution in [0.5, 0.6) is 0 Å². The van der Waals surface area contributed by atoms with Gasteiger partial charge in [0.1, 0.15) is 6.17 Å². The molecule has 1 aromatic rings. The zero-order valence-electron chi connectivity index (χ0n) is 10.1. The highest BCUT2D eigenvalue weighted by Crippen LogP contribution is 2.29. The van der Waals surface area contributed by atoms with Gasteiger partial charge in [0, 0.05) is 5.02 Å². The molecule has 0 aliphatic carbocycles. The van der Waals surface area contributed by atoms with E-state index in [4.69, 9.17) is 16.7 Å². The molecule has 17 heavy (non-hydrogen) atoms. The highest BCUT2D eigenvalue weighted by atomic mass is 35.5. The summed E-state index contributed by atoms with van der Waals surface area (Å²) >= 11 is 6.02. The van der Waals surface area contributed by atoms with Gasteiger partial charge in [-0.05, 0) is 44.4 Å². The van der Waals surface area contributed by atoms with Crippen LogP contribution in [-0.2, 0) is 11.2 Å². The van der Waals surface area contributed by atoms with Crippen LogP contribution in [0.3, 0.4) is 0 Å². The van der Waals surface area contributed by atoms with Crippen LogP contribution in [0.1, 0.15) is 38.1 Å². The summed E-state index contributed by atoms with van der Waals surface area (Å²) in [6.45, 7) is 4.71. The molecule has 1 unspecified atom stereocenters. The predicted molar refractivity (Wildman–Crippen MR) is 66.1 cm³/mol. The number of hydrogen-bond donors (Lipinski definition) is 1. The summed E-state index contributed by atoms with van der Waals surface area (Å²) in [5, 5.41) is 9.45. The lowest BCUT2D eigenvalue weighted by molar-refractivity contribution is -0.146. The molecule has 0 aliphatic rings. The molecule has 1 atom stereocenters. The topological polar surface area (TPSA) is 37.3 Å². The molecular formula is C13H16ClFO2. The Kier molecular flexibility index (Phi) is 4.15. The summed E-state index contributed by atoms with van der Waals surface area (Å²) in [7, 11) is 0. The van der Waals surface area contributed by atoms with Crippen LogP contribution in [0, 0.1) is 5.41 Å². The molecule has 2 nitrogen and oxygen atoms in total. The molecule has 1 rings (SSSR count). The molecule has 0 fully saturated rings. The lowest BCUT2D eigenvalue weighted by Gasteiger charge is -2.20. The maximum absolute atomic E-state index is 13.1. The van der Waals surface area contributed by atoms with Crippen molar-refractivity contribution in [1.29, 1.82) is 0 Å². The molecule has 0 amide bonds. The minimum absolute atomic E-state index is 0.322. The Bertz CT molecular complexity index is 427. The van der Waals surface area contributed by atoms with Crippen LogP contribution in [-0.4, -0.2) is 11.1 Å². The van der Waals surface area contributed by atoms with Crippen molar-refractivity contribution in [1.82, 2.24) is 0 Å². The average Bonchev–Trinajstić information content (AvgIpc) is 2.20. The minimum Gasteiger partial charge on any atom is -0.481 e. The molecule has 0 heterocycles. The lowest BCUT2D eigenvalue weighted by Crippen LogP contribution is -2.26. The molecule has 4 heteroatoms. The number of benzene rings is 1. The Balaban J connectivity index is 2.98. The zero-order valence-corrected chi connectivity index (χ0v) is 10.9. The highest BCUT2D eigenvalue weighted by Gasteiger charge is 2.28. The number of carboxylic acids is 1. The van der Waals surface area contributed by atoms with E-state index in [9.17, 15) is 9.18 Å². The van der Waals surface area contributed by atoms with E-state index >= 15 is 0 Å². The first kappa shape index (κ1) is 14.0. The Labute approximate surface area is 105 Å². The normalized spacial score (nSPS) is 13.5. The van der Waals surface area contributed by atoms with Crippen LogP contribution < -0.4 is 0 Å². The SMILES string of the molecule is CC(F)c1ccc(CC(C)(C)C(=O)O)c(Cl)c1. The predicted octanol–water partition coefficient (Wildman–Crippen LogP) is 4.02. The summed E-state index contributed by atoms with van der Waals surface area (Å²) in [5.41, 5.74) is 0.349. The van der Waals surface area contributed by atoms with Gasteiger partial charge >= 0.3 is 5.97 Å². The number of aliphatic carboxylic acids is 1. The van der Waals surface area contributed by atoms with E-state index in [1.807, 2.05) is 0 Å². The summed E-state index contributed by atoms with van der Waals surface area (Å²) in [5.74, 6) is -0.878. The van der Waals surface area contributed by atoms with Gasteiger partial charge in [-0.2, -0.15) is 0 Å². The first-order chi connectivity index (χ1) is 7.74. The van der Waals surface area contributed by atoms with Crippen LogP contribution >= 0.6 is 11.6 Å². The maximum atomic E-state index is 13.1. The van der Waals surface area contributed by atoms with E-state index in [0.29, 0.717) is 17.0 Å². The number of hydrogen-bond acceptors (Lipinski definition) is 1. The monoisotopic (exact) mass is 258 g/mol. The average molecular weight is 259 g/mol. The van der Waals surface area contributed by atoms with Gasteiger partial charge in [-0.3, -0.25) is 4.79 Å². The second kappa shape index (κ2) is 5.05. The van der Waals surface area contributed by atoms with Crippen molar-refractivity contribution in [3.8, 4) is 0 Å². The van der Waals surface area contributed by atoms with E-state index in [1.165, 1.54) is 6.92 Å². The zero-order chi connectivity index (χ0) is 13.2. The first-order valence-corrected chi connectivity index (χ1v) is 5.77.